The van der Waals surface area contributed by atoms with Crippen LogP contribution < -0.4 is 10.6 Å². The molecule has 0 aliphatic carbocycles. The van der Waals surface area contributed by atoms with Crippen LogP contribution in [0.25, 0.3) is 0 Å². The lowest BCUT2D eigenvalue weighted by Crippen LogP contribution is -2.41. The van der Waals surface area contributed by atoms with Crippen molar-refractivity contribution < 1.29 is 43.6 Å². The highest BCUT2D eigenvalue weighted by Gasteiger charge is 2.38. The van der Waals surface area contributed by atoms with Crippen LogP contribution in [0.3, 0.4) is 0 Å². The van der Waals surface area contributed by atoms with Crippen LogP contribution >= 0.6 is 11.8 Å². The van der Waals surface area contributed by atoms with E-state index in [9.17, 15) is 19.2 Å². The van der Waals surface area contributed by atoms with Gasteiger partial charge in [0.2, 0.25) is 11.8 Å². The zero-order valence-electron chi connectivity index (χ0n) is 18.6. The van der Waals surface area contributed by atoms with Gasteiger partial charge in [-0.1, -0.05) is 0 Å². The zero-order chi connectivity index (χ0) is 24.1. The Morgan fingerprint density at radius 3 is 1.97 bits per heavy atom. The van der Waals surface area contributed by atoms with Gasteiger partial charge in [0.1, 0.15) is 26.0 Å². The van der Waals surface area contributed by atoms with Gasteiger partial charge in [0.05, 0.1) is 5.25 Å². The summed E-state index contributed by atoms with van der Waals surface area (Å²) in [5.41, 5.74) is 0. The van der Waals surface area contributed by atoms with Crippen molar-refractivity contribution >= 4 is 35.8 Å². The van der Waals surface area contributed by atoms with E-state index in [1.54, 1.807) is 20.1 Å². The fourth-order valence-corrected chi connectivity index (χ4v) is 3.29. The molecule has 1 aliphatic heterocycles. The first kappa shape index (κ1) is 27.9. The number of hydrogen-bond donors (Lipinski definition) is 4. The molecule has 3 unspecified atom stereocenters. The molecule has 1 aliphatic rings. The second-order valence-corrected chi connectivity index (χ2v) is 8.36. The molecule has 1 saturated heterocycles. The second-order valence-electron chi connectivity index (χ2n) is 7.32. The summed E-state index contributed by atoms with van der Waals surface area (Å²) in [5.74, 6) is -0.740. The summed E-state index contributed by atoms with van der Waals surface area (Å²) in [5, 5.41) is 22.4. The number of imide groups is 1. The fraction of sp³-hybridized carbons (Fsp3) is 0.789. The number of carbonyl (C=O) groups is 4. The van der Waals surface area contributed by atoms with Crippen LogP contribution in [0.15, 0.2) is 0 Å². The Morgan fingerprint density at radius 1 is 1.06 bits per heavy atom. The van der Waals surface area contributed by atoms with Gasteiger partial charge in [0.15, 0.2) is 0 Å². The number of ether oxygens (including phenoxy) is 3. The van der Waals surface area contributed by atoms with Gasteiger partial charge in [0, 0.05) is 31.7 Å². The van der Waals surface area contributed by atoms with E-state index in [-0.39, 0.29) is 63.5 Å². The number of carbonyl (C=O) groups excluding carboxylic acids is 4. The first-order chi connectivity index (χ1) is 15.2. The Bertz CT molecular complexity index is 607. The van der Waals surface area contributed by atoms with E-state index in [1.807, 2.05) is 0 Å². The smallest absolute Gasteiger partial charge is 0.407 e. The highest BCUT2D eigenvalue weighted by molar-refractivity contribution is 8.00. The van der Waals surface area contributed by atoms with Crippen molar-refractivity contribution in [2.45, 2.75) is 56.5 Å². The normalized spacial score (nSPS) is 18.8. The highest BCUT2D eigenvalue weighted by Crippen LogP contribution is 2.23. The minimum Gasteiger partial charge on any atom is -0.447 e. The Hall–Kier alpha value is -2.09. The molecule has 0 spiro atoms. The van der Waals surface area contributed by atoms with Crippen LogP contribution in [-0.4, -0.2) is 102 Å². The van der Waals surface area contributed by atoms with Crippen molar-refractivity contribution in [3.8, 4) is 0 Å². The first-order valence-corrected chi connectivity index (χ1v) is 11.6. The molecule has 184 valence electrons. The van der Waals surface area contributed by atoms with Gasteiger partial charge in [0.25, 0.3) is 0 Å². The van der Waals surface area contributed by atoms with Crippen molar-refractivity contribution in [3.05, 3.63) is 0 Å². The van der Waals surface area contributed by atoms with E-state index in [4.69, 9.17) is 24.4 Å². The van der Waals surface area contributed by atoms with Crippen molar-refractivity contribution in [1.82, 2.24) is 15.5 Å². The maximum atomic E-state index is 12.2. The monoisotopic (exact) mass is 479 g/mol. The van der Waals surface area contributed by atoms with Gasteiger partial charge >= 0.3 is 12.2 Å². The van der Waals surface area contributed by atoms with Gasteiger partial charge in [-0.05, 0) is 32.9 Å². The summed E-state index contributed by atoms with van der Waals surface area (Å²) in [6, 6.07) is -0.629. The molecule has 3 atom stereocenters. The number of likely N-dealkylation sites (tertiary alicyclic amines) is 1. The molecule has 12 nitrogen and oxygen atoms in total. The number of aliphatic hydroxyl groups is 2. The first-order valence-electron chi connectivity index (χ1n) is 10.3. The molecule has 0 aromatic carbocycles. The van der Waals surface area contributed by atoms with Crippen LogP contribution in [0.1, 0.15) is 33.1 Å². The molecular formula is C19H33N3O9S. The van der Waals surface area contributed by atoms with Crippen LogP contribution in [-0.2, 0) is 23.8 Å². The van der Waals surface area contributed by atoms with Crippen molar-refractivity contribution in [2.24, 2.45) is 0 Å². The lowest BCUT2D eigenvalue weighted by molar-refractivity contribution is -0.149. The largest absolute Gasteiger partial charge is 0.447 e. The van der Waals surface area contributed by atoms with E-state index in [0.29, 0.717) is 12.8 Å². The summed E-state index contributed by atoms with van der Waals surface area (Å²) in [4.78, 5) is 49.0. The van der Waals surface area contributed by atoms with Crippen molar-refractivity contribution in [1.29, 1.82) is 0 Å². The number of alkyl carbamates (subject to hydrolysis) is 2. The molecule has 4 amide bonds. The van der Waals surface area contributed by atoms with E-state index in [2.05, 4.69) is 10.6 Å². The standard InChI is InChI=1S/C19H33N3O9S/c1-12(4-6-23)20-18(27)29-9-14(10-30-19(28)21-13(2)5-7-24)31-11-22-16(25)8-15(32-3)17(22)26/h12-15,23-24H,4-11H2,1-3H3,(H,20,27)(H,21,28). The van der Waals surface area contributed by atoms with Crippen molar-refractivity contribution in [2.75, 3.05) is 39.4 Å². The van der Waals surface area contributed by atoms with Gasteiger partial charge in [-0.3, -0.25) is 14.5 Å². The van der Waals surface area contributed by atoms with Gasteiger partial charge in [-0.15, -0.1) is 0 Å². The molecule has 13 heteroatoms. The highest BCUT2D eigenvalue weighted by atomic mass is 32.2. The number of nitrogens with one attached hydrogen (secondary N) is 2. The number of amides is 4. The Labute approximate surface area is 191 Å². The number of aliphatic hydroxyl groups excluding tert-OH is 2. The third-order valence-corrected chi connectivity index (χ3v) is 5.52. The Balaban J connectivity index is 2.62. The molecule has 0 saturated carbocycles. The van der Waals surface area contributed by atoms with E-state index in [1.165, 1.54) is 11.8 Å². The number of rotatable bonds is 14. The predicted molar refractivity (Wildman–Crippen MR) is 115 cm³/mol. The quantitative estimate of drug-likeness (QED) is 0.246. The number of hydrogen-bond acceptors (Lipinski definition) is 10. The van der Waals surface area contributed by atoms with Crippen LogP contribution in [0.4, 0.5) is 9.59 Å². The summed E-state index contributed by atoms with van der Waals surface area (Å²) >= 11 is 1.27. The molecular weight excluding hydrogens is 446 g/mol. The average Bonchev–Trinajstić information content (AvgIpc) is 3.00. The lowest BCUT2D eigenvalue weighted by atomic mass is 10.2. The number of thioether (sulfide) groups is 1. The maximum Gasteiger partial charge on any atom is 0.407 e. The molecule has 0 bridgehead atoms. The minimum absolute atomic E-state index is 0.0807. The number of nitrogens with zero attached hydrogens (tertiary/aromatic N) is 1. The minimum atomic E-state index is -0.943. The third kappa shape index (κ3) is 10.0. The molecule has 1 heterocycles. The third-order valence-electron chi connectivity index (χ3n) is 4.58. The molecule has 0 aromatic heterocycles. The Morgan fingerprint density at radius 2 is 1.56 bits per heavy atom. The van der Waals surface area contributed by atoms with E-state index in [0.717, 1.165) is 4.90 Å². The second kappa shape index (κ2) is 14.9. The maximum absolute atomic E-state index is 12.2. The van der Waals surface area contributed by atoms with Gasteiger partial charge in [-0.25, -0.2) is 9.59 Å². The summed E-state index contributed by atoms with van der Waals surface area (Å²) in [7, 11) is 0. The topological polar surface area (TPSA) is 164 Å². The molecule has 32 heavy (non-hydrogen) atoms. The van der Waals surface area contributed by atoms with E-state index < -0.39 is 23.5 Å². The zero-order valence-corrected chi connectivity index (χ0v) is 19.4. The van der Waals surface area contributed by atoms with Gasteiger partial charge < -0.3 is 35.1 Å². The van der Waals surface area contributed by atoms with Crippen LogP contribution in [0.5, 0.6) is 0 Å². The van der Waals surface area contributed by atoms with Crippen LogP contribution in [0, 0.1) is 0 Å². The fourth-order valence-electron chi connectivity index (χ4n) is 2.65. The predicted octanol–water partition coefficient (Wildman–Crippen LogP) is -0.186. The molecule has 4 N–H and O–H groups in total. The van der Waals surface area contributed by atoms with Gasteiger partial charge in [-0.2, -0.15) is 11.8 Å². The summed E-state index contributed by atoms with van der Waals surface area (Å²) < 4.78 is 15.7. The summed E-state index contributed by atoms with van der Waals surface area (Å²) in [6.07, 6.45) is 0.0594. The molecule has 0 aromatic rings. The SMILES string of the molecule is CSC1CC(=O)N(COC(COC(=O)NC(C)CCO)COC(=O)NC(C)CCO)C1=O. The average molecular weight is 480 g/mol. The Kier molecular flexibility index (Phi) is 13.0. The molecule has 0 radical (unpaired) electrons. The molecule has 1 rings (SSSR count). The van der Waals surface area contributed by atoms with E-state index >= 15 is 0 Å². The molecule has 1 fully saturated rings. The lowest BCUT2D eigenvalue weighted by Gasteiger charge is -2.22. The van der Waals surface area contributed by atoms with Crippen LogP contribution in [0.2, 0.25) is 0 Å². The summed E-state index contributed by atoms with van der Waals surface area (Å²) in [6.45, 7) is 2.22. The van der Waals surface area contributed by atoms with Crippen molar-refractivity contribution in [3.63, 3.8) is 0 Å².